The molecule has 24 heavy (non-hydrogen) atoms. The molecule has 1 fully saturated rings. The maximum Gasteiger partial charge on any atom is 0.270 e. The van der Waals surface area contributed by atoms with E-state index in [2.05, 4.69) is 5.32 Å². The van der Waals surface area contributed by atoms with Gasteiger partial charge in [0.15, 0.2) is 0 Å². The van der Waals surface area contributed by atoms with Crippen LogP contribution < -0.4 is 5.32 Å². The third-order valence-electron chi connectivity index (χ3n) is 4.15. The number of nitro groups is 1. The summed E-state index contributed by atoms with van der Waals surface area (Å²) in [6.07, 6.45) is 1.62. The van der Waals surface area contributed by atoms with Gasteiger partial charge in [0, 0.05) is 24.8 Å². The predicted octanol–water partition coefficient (Wildman–Crippen LogP) is 3.80. The maximum absolute atomic E-state index is 10.8. The van der Waals surface area contributed by atoms with Gasteiger partial charge in [-0.3, -0.25) is 10.1 Å². The molecule has 0 aromatic heterocycles. The smallest absolute Gasteiger partial charge is 0.270 e. The van der Waals surface area contributed by atoms with Crippen LogP contribution in [0.15, 0.2) is 48.5 Å². The summed E-state index contributed by atoms with van der Waals surface area (Å²) in [5, 5.41) is 23.4. The number of nitro benzene ring substituents is 1. The van der Waals surface area contributed by atoms with Crippen molar-refractivity contribution in [1.82, 2.24) is 0 Å². The van der Waals surface area contributed by atoms with Crippen LogP contribution in [-0.2, 0) is 4.74 Å². The number of non-ortho nitro benzene ring substituents is 1. The van der Waals surface area contributed by atoms with E-state index in [0.29, 0.717) is 12.3 Å². The molecule has 0 amide bonds. The number of benzene rings is 2. The SMILES string of the molecule is N#Cc1cc([N+](=O)[O-])ccc1NC1CCOC(c2ccccc2)C1. The average molecular weight is 323 g/mol. The summed E-state index contributed by atoms with van der Waals surface area (Å²) in [6, 6.07) is 16.5. The molecule has 1 heterocycles. The highest BCUT2D eigenvalue weighted by molar-refractivity contribution is 5.61. The van der Waals surface area contributed by atoms with Crippen molar-refractivity contribution in [1.29, 1.82) is 5.26 Å². The molecule has 6 nitrogen and oxygen atoms in total. The minimum Gasteiger partial charge on any atom is -0.381 e. The van der Waals surface area contributed by atoms with Crippen LogP contribution in [0.5, 0.6) is 0 Å². The Hall–Kier alpha value is -2.91. The summed E-state index contributed by atoms with van der Waals surface area (Å²) in [6.45, 7) is 0.631. The maximum atomic E-state index is 10.8. The molecule has 0 spiro atoms. The predicted molar refractivity (Wildman–Crippen MR) is 89.6 cm³/mol. The van der Waals surface area contributed by atoms with Crippen LogP contribution in [-0.4, -0.2) is 17.6 Å². The first-order valence-electron chi connectivity index (χ1n) is 7.79. The first-order valence-corrected chi connectivity index (χ1v) is 7.79. The van der Waals surface area contributed by atoms with Gasteiger partial charge in [0.1, 0.15) is 6.07 Å². The molecule has 0 bridgehead atoms. The number of hydrogen-bond acceptors (Lipinski definition) is 5. The minimum absolute atomic E-state index is 0.0148. The van der Waals surface area contributed by atoms with E-state index >= 15 is 0 Å². The first-order chi connectivity index (χ1) is 11.7. The molecule has 2 atom stereocenters. The molecular weight excluding hydrogens is 306 g/mol. The Bertz CT molecular complexity index is 771. The fraction of sp³-hybridized carbons (Fsp3) is 0.278. The Morgan fingerprint density at radius 3 is 2.75 bits per heavy atom. The fourth-order valence-electron chi connectivity index (χ4n) is 2.91. The Labute approximate surface area is 139 Å². The van der Waals surface area contributed by atoms with E-state index in [1.807, 2.05) is 36.4 Å². The van der Waals surface area contributed by atoms with Gasteiger partial charge in [-0.15, -0.1) is 0 Å². The summed E-state index contributed by atoms with van der Waals surface area (Å²) in [5.74, 6) is 0. The highest BCUT2D eigenvalue weighted by atomic mass is 16.6. The fourth-order valence-corrected chi connectivity index (χ4v) is 2.91. The third kappa shape index (κ3) is 3.53. The number of rotatable bonds is 4. The van der Waals surface area contributed by atoms with E-state index in [1.165, 1.54) is 12.1 Å². The van der Waals surface area contributed by atoms with Gasteiger partial charge in [-0.1, -0.05) is 30.3 Å². The molecule has 1 saturated heterocycles. The third-order valence-corrected chi connectivity index (χ3v) is 4.15. The molecule has 2 aromatic carbocycles. The molecule has 0 saturated carbocycles. The monoisotopic (exact) mass is 323 g/mol. The second kappa shape index (κ2) is 7.11. The number of nitrogens with zero attached hydrogens (tertiary/aromatic N) is 2. The first kappa shape index (κ1) is 16.0. The topological polar surface area (TPSA) is 88.2 Å². The Balaban J connectivity index is 1.74. The average Bonchev–Trinajstić information content (AvgIpc) is 2.63. The van der Waals surface area contributed by atoms with Crippen molar-refractivity contribution in [2.24, 2.45) is 0 Å². The van der Waals surface area contributed by atoms with Crippen molar-refractivity contribution in [2.45, 2.75) is 25.0 Å². The van der Waals surface area contributed by atoms with E-state index in [-0.39, 0.29) is 23.4 Å². The van der Waals surface area contributed by atoms with Gasteiger partial charge < -0.3 is 10.1 Å². The van der Waals surface area contributed by atoms with Crippen LogP contribution in [0, 0.1) is 21.4 Å². The number of nitriles is 1. The number of hydrogen-bond donors (Lipinski definition) is 1. The molecule has 6 heteroatoms. The quantitative estimate of drug-likeness (QED) is 0.683. The molecule has 2 aromatic rings. The van der Waals surface area contributed by atoms with E-state index in [0.717, 1.165) is 18.4 Å². The highest BCUT2D eigenvalue weighted by Gasteiger charge is 2.24. The molecular formula is C18H17N3O3. The highest BCUT2D eigenvalue weighted by Crippen LogP contribution is 2.31. The Kier molecular flexibility index (Phi) is 4.73. The lowest BCUT2D eigenvalue weighted by atomic mass is 9.97. The van der Waals surface area contributed by atoms with Crippen LogP contribution in [0.3, 0.4) is 0 Å². The molecule has 0 radical (unpaired) electrons. The lowest BCUT2D eigenvalue weighted by molar-refractivity contribution is -0.384. The molecule has 3 rings (SSSR count). The van der Waals surface area contributed by atoms with E-state index in [9.17, 15) is 15.4 Å². The van der Waals surface area contributed by atoms with Crippen molar-refractivity contribution < 1.29 is 9.66 Å². The van der Waals surface area contributed by atoms with Gasteiger partial charge >= 0.3 is 0 Å². The largest absolute Gasteiger partial charge is 0.381 e. The second-order valence-electron chi connectivity index (χ2n) is 5.73. The summed E-state index contributed by atoms with van der Waals surface area (Å²) < 4.78 is 5.84. The van der Waals surface area contributed by atoms with Crippen molar-refractivity contribution in [3.8, 4) is 6.07 Å². The van der Waals surface area contributed by atoms with Crippen LogP contribution in [0.4, 0.5) is 11.4 Å². The van der Waals surface area contributed by atoms with E-state index in [4.69, 9.17) is 4.74 Å². The van der Waals surface area contributed by atoms with Gasteiger partial charge in [-0.2, -0.15) is 5.26 Å². The number of nitrogens with one attached hydrogen (secondary N) is 1. The zero-order valence-electron chi connectivity index (χ0n) is 13.0. The number of anilines is 1. The molecule has 122 valence electrons. The molecule has 0 aliphatic carbocycles. The van der Waals surface area contributed by atoms with Crippen LogP contribution >= 0.6 is 0 Å². The summed E-state index contributed by atoms with van der Waals surface area (Å²) in [4.78, 5) is 10.3. The zero-order valence-corrected chi connectivity index (χ0v) is 13.0. The normalized spacial score (nSPS) is 20.1. The summed E-state index contributed by atoms with van der Waals surface area (Å²) >= 11 is 0. The van der Waals surface area contributed by atoms with Gasteiger partial charge in [-0.25, -0.2) is 0 Å². The van der Waals surface area contributed by atoms with Crippen molar-refractivity contribution in [3.63, 3.8) is 0 Å². The molecule has 1 aliphatic rings. The van der Waals surface area contributed by atoms with Gasteiger partial charge in [-0.05, 0) is 24.5 Å². The number of ether oxygens (including phenoxy) is 1. The minimum atomic E-state index is -0.496. The zero-order chi connectivity index (χ0) is 16.9. The standard InChI is InChI=1S/C18H17N3O3/c19-12-14-10-16(21(22)23)6-7-17(14)20-15-8-9-24-18(11-15)13-4-2-1-3-5-13/h1-7,10,15,18,20H,8-9,11H2. The van der Waals surface area contributed by atoms with Gasteiger partial charge in [0.05, 0.1) is 22.3 Å². The van der Waals surface area contributed by atoms with Gasteiger partial charge in [0.25, 0.3) is 5.69 Å². The van der Waals surface area contributed by atoms with Crippen LogP contribution in [0.1, 0.15) is 30.1 Å². The lowest BCUT2D eigenvalue weighted by Crippen LogP contribution is -2.30. The van der Waals surface area contributed by atoms with Crippen LogP contribution in [0.2, 0.25) is 0 Å². The molecule has 1 aliphatic heterocycles. The second-order valence-corrected chi connectivity index (χ2v) is 5.73. The van der Waals surface area contributed by atoms with Gasteiger partial charge in [0.2, 0.25) is 0 Å². The molecule has 1 N–H and O–H groups in total. The van der Waals surface area contributed by atoms with Crippen molar-refractivity contribution >= 4 is 11.4 Å². The summed E-state index contributed by atoms with van der Waals surface area (Å²) in [7, 11) is 0. The van der Waals surface area contributed by atoms with E-state index in [1.54, 1.807) is 6.07 Å². The Morgan fingerprint density at radius 2 is 2.04 bits per heavy atom. The summed E-state index contributed by atoms with van der Waals surface area (Å²) in [5.41, 5.74) is 1.97. The lowest BCUT2D eigenvalue weighted by Gasteiger charge is -2.31. The Morgan fingerprint density at radius 1 is 1.25 bits per heavy atom. The van der Waals surface area contributed by atoms with Crippen LogP contribution in [0.25, 0.3) is 0 Å². The molecule has 2 unspecified atom stereocenters. The van der Waals surface area contributed by atoms with E-state index < -0.39 is 4.92 Å². The van der Waals surface area contributed by atoms with Crippen molar-refractivity contribution in [3.05, 3.63) is 69.8 Å². The van der Waals surface area contributed by atoms with Crippen molar-refractivity contribution in [2.75, 3.05) is 11.9 Å².